The lowest BCUT2D eigenvalue weighted by Gasteiger charge is -2.28. The molecule has 9 aromatic carbocycles. The summed E-state index contributed by atoms with van der Waals surface area (Å²) in [6.45, 7) is 0. The normalized spacial score (nSPS) is 11.6. The van der Waals surface area contributed by atoms with Crippen molar-refractivity contribution < 1.29 is 0 Å². The van der Waals surface area contributed by atoms with E-state index in [2.05, 4.69) is 228 Å². The van der Waals surface area contributed by atoms with E-state index in [0.717, 1.165) is 17.1 Å². The zero-order valence-electron chi connectivity index (χ0n) is 30.7. The molecule has 2 heterocycles. The smallest absolute Gasteiger partial charge is 0.0625 e. The van der Waals surface area contributed by atoms with Crippen molar-refractivity contribution in [1.82, 2.24) is 4.40 Å². The predicted octanol–water partition coefficient (Wildman–Crippen LogP) is 15.0. The number of hydrogen-bond acceptors (Lipinski definition) is 1. The van der Waals surface area contributed by atoms with Gasteiger partial charge in [0.15, 0.2) is 0 Å². The van der Waals surface area contributed by atoms with Crippen LogP contribution in [-0.2, 0) is 0 Å². The molecule has 0 aliphatic rings. The Hall–Kier alpha value is -7.42. The van der Waals surface area contributed by atoms with Gasteiger partial charge in [0, 0.05) is 33.3 Å². The summed E-state index contributed by atoms with van der Waals surface area (Å²) in [5.74, 6) is 0. The van der Waals surface area contributed by atoms with Crippen LogP contribution < -0.4 is 4.90 Å². The first kappa shape index (κ1) is 32.0. The summed E-state index contributed by atoms with van der Waals surface area (Å²) in [5.41, 5.74) is 14.3. The van der Waals surface area contributed by atoms with Gasteiger partial charge in [-0.3, -0.25) is 0 Å². The molecular formula is C54H36N2. The van der Waals surface area contributed by atoms with Crippen molar-refractivity contribution in [3.05, 3.63) is 218 Å². The van der Waals surface area contributed by atoms with Crippen molar-refractivity contribution in [3.63, 3.8) is 0 Å². The number of benzene rings is 9. The molecule has 2 nitrogen and oxygen atoms in total. The fraction of sp³-hybridized carbons (Fsp3) is 0. The van der Waals surface area contributed by atoms with Gasteiger partial charge < -0.3 is 9.30 Å². The van der Waals surface area contributed by atoms with Gasteiger partial charge >= 0.3 is 0 Å². The Morgan fingerprint density at radius 2 is 0.821 bits per heavy atom. The third-order valence-corrected chi connectivity index (χ3v) is 11.3. The molecule has 11 aromatic rings. The molecule has 2 aromatic heterocycles. The molecule has 0 atom stereocenters. The lowest BCUT2D eigenvalue weighted by atomic mass is 9.96. The van der Waals surface area contributed by atoms with Crippen molar-refractivity contribution in [2.75, 3.05) is 4.90 Å². The maximum Gasteiger partial charge on any atom is 0.0625 e. The van der Waals surface area contributed by atoms with E-state index in [1.165, 1.54) is 82.2 Å². The van der Waals surface area contributed by atoms with Crippen molar-refractivity contribution >= 4 is 65.9 Å². The second kappa shape index (κ2) is 13.2. The molecule has 0 saturated carbocycles. The average Bonchev–Trinajstić information content (AvgIpc) is 3.63. The van der Waals surface area contributed by atoms with E-state index in [9.17, 15) is 0 Å². The third-order valence-electron chi connectivity index (χ3n) is 11.3. The molecular weight excluding hydrogens is 677 g/mol. The monoisotopic (exact) mass is 712 g/mol. The zero-order chi connectivity index (χ0) is 37.0. The first-order valence-electron chi connectivity index (χ1n) is 19.3. The lowest BCUT2D eigenvalue weighted by Crippen LogP contribution is -2.10. The van der Waals surface area contributed by atoms with Gasteiger partial charge in [-0.1, -0.05) is 170 Å². The predicted molar refractivity (Wildman–Crippen MR) is 238 cm³/mol. The number of para-hydroxylation sites is 2. The minimum absolute atomic E-state index is 1.10. The number of rotatable bonds is 6. The Kier molecular flexibility index (Phi) is 7.53. The summed E-state index contributed by atoms with van der Waals surface area (Å²) in [6.07, 6.45) is 0. The maximum absolute atomic E-state index is 2.47. The molecule has 0 amide bonds. The number of fused-ring (bicyclic) bond motifs is 8. The molecule has 0 bridgehead atoms. The Balaban J connectivity index is 1.14. The van der Waals surface area contributed by atoms with Crippen LogP contribution in [0, 0.1) is 0 Å². The minimum atomic E-state index is 1.10. The van der Waals surface area contributed by atoms with Gasteiger partial charge in [-0.05, 0) is 92.3 Å². The van der Waals surface area contributed by atoms with Gasteiger partial charge in [0.05, 0.1) is 22.2 Å². The molecule has 262 valence electrons. The Morgan fingerprint density at radius 1 is 0.321 bits per heavy atom. The van der Waals surface area contributed by atoms with Crippen LogP contribution in [0.5, 0.6) is 0 Å². The Morgan fingerprint density at radius 3 is 1.52 bits per heavy atom. The summed E-state index contributed by atoms with van der Waals surface area (Å²) in [6, 6.07) is 79.5. The van der Waals surface area contributed by atoms with E-state index >= 15 is 0 Å². The van der Waals surface area contributed by atoms with Crippen molar-refractivity contribution in [2.24, 2.45) is 0 Å². The van der Waals surface area contributed by atoms with E-state index in [1.54, 1.807) is 0 Å². The highest BCUT2D eigenvalue weighted by Crippen LogP contribution is 2.45. The number of aromatic nitrogens is 1. The highest BCUT2D eigenvalue weighted by Gasteiger charge is 2.21. The summed E-state index contributed by atoms with van der Waals surface area (Å²) in [4.78, 5) is 2.42. The second-order valence-corrected chi connectivity index (χ2v) is 14.5. The minimum Gasteiger partial charge on any atom is -0.310 e. The topological polar surface area (TPSA) is 7.65 Å². The van der Waals surface area contributed by atoms with E-state index < -0.39 is 0 Å². The SMILES string of the molecule is c1ccc(-c2ccc(N(c3ccc(-c4cc5ccccc5n5c4c(-c4ccccc4)c4ccccc45)cc3)c3cc4ccccc4c4ccccc34)cc2)cc1. The van der Waals surface area contributed by atoms with Crippen LogP contribution in [0.15, 0.2) is 218 Å². The standard InChI is InChI=1S/C54H36N2/c1-3-15-37(16-4-1)38-27-31-43(32-28-38)55(52-36-41-19-7-9-21-45(41)46-22-10-11-23-47(46)52)44-33-29-39(30-34-44)49-35-42-20-8-13-25-50(42)56-51-26-14-12-24-48(51)53(54(49)56)40-17-5-2-6-18-40/h1-36H. The first-order valence-corrected chi connectivity index (χ1v) is 19.3. The van der Waals surface area contributed by atoms with Crippen LogP contribution in [-0.4, -0.2) is 4.40 Å². The summed E-state index contributed by atoms with van der Waals surface area (Å²) in [7, 11) is 0. The fourth-order valence-corrected chi connectivity index (χ4v) is 8.77. The van der Waals surface area contributed by atoms with Crippen LogP contribution in [0.25, 0.3) is 82.2 Å². The van der Waals surface area contributed by atoms with E-state index in [4.69, 9.17) is 0 Å². The largest absolute Gasteiger partial charge is 0.310 e. The number of anilines is 3. The highest BCUT2D eigenvalue weighted by molar-refractivity contribution is 6.15. The summed E-state index contributed by atoms with van der Waals surface area (Å²) in [5, 5.41) is 7.40. The fourth-order valence-electron chi connectivity index (χ4n) is 8.77. The van der Waals surface area contributed by atoms with E-state index in [1.807, 2.05) is 0 Å². The van der Waals surface area contributed by atoms with Crippen LogP contribution in [0.3, 0.4) is 0 Å². The van der Waals surface area contributed by atoms with Gasteiger partial charge in [0.2, 0.25) is 0 Å². The number of pyridine rings is 1. The second-order valence-electron chi connectivity index (χ2n) is 14.5. The van der Waals surface area contributed by atoms with Crippen LogP contribution >= 0.6 is 0 Å². The average molecular weight is 713 g/mol. The molecule has 0 unspecified atom stereocenters. The molecule has 11 rings (SSSR count). The maximum atomic E-state index is 2.47. The molecule has 0 saturated heterocycles. The third kappa shape index (κ3) is 5.19. The van der Waals surface area contributed by atoms with Gasteiger partial charge in [-0.2, -0.15) is 0 Å². The number of nitrogens with zero attached hydrogens (tertiary/aromatic N) is 2. The van der Waals surface area contributed by atoms with Crippen LogP contribution in [0.4, 0.5) is 17.1 Å². The van der Waals surface area contributed by atoms with E-state index in [0.29, 0.717) is 0 Å². The van der Waals surface area contributed by atoms with Crippen molar-refractivity contribution in [1.29, 1.82) is 0 Å². The van der Waals surface area contributed by atoms with Crippen molar-refractivity contribution in [3.8, 4) is 33.4 Å². The molecule has 0 spiro atoms. The Labute approximate surface area is 325 Å². The summed E-state index contributed by atoms with van der Waals surface area (Å²) >= 11 is 0. The quantitative estimate of drug-likeness (QED) is 0.156. The van der Waals surface area contributed by atoms with Crippen LogP contribution in [0.2, 0.25) is 0 Å². The molecule has 0 radical (unpaired) electrons. The highest BCUT2D eigenvalue weighted by atomic mass is 15.1. The zero-order valence-corrected chi connectivity index (χ0v) is 30.7. The molecule has 0 aliphatic heterocycles. The summed E-state index contributed by atoms with van der Waals surface area (Å²) < 4.78 is 2.47. The van der Waals surface area contributed by atoms with Gasteiger partial charge in [0.1, 0.15) is 0 Å². The van der Waals surface area contributed by atoms with Crippen LogP contribution in [0.1, 0.15) is 0 Å². The first-order chi connectivity index (χ1) is 27.8. The van der Waals surface area contributed by atoms with Crippen molar-refractivity contribution in [2.45, 2.75) is 0 Å². The number of hydrogen-bond donors (Lipinski definition) is 0. The lowest BCUT2D eigenvalue weighted by molar-refractivity contribution is 1.30. The van der Waals surface area contributed by atoms with Gasteiger partial charge in [-0.25, -0.2) is 0 Å². The van der Waals surface area contributed by atoms with Gasteiger partial charge in [0.25, 0.3) is 0 Å². The molecule has 0 fully saturated rings. The Bertz CT molecular complexity index is 3210. The van der Waals surface area contributed by atoms with Gasteiger partial charge in [-0.15, -0.1) is 0 Å². The molecule has 2 heteroatoms. The molecule has 0 aliphatic carbocycles. The van der Waals surface area contributed by atoms with E-state index in [-0.39, 0.29) is 0 Å². The molecule has 56 heavy (non-hydrogen) atoms. The molecule has 0 N–H and O–H groups in total.